The fourth-order valence-corrected chi connectivity index (χ4v) is 3.89. The van der Waals surface area contributed by atoms with Crippen molar-refractivity contribution in [3.63, 3.8) is 0 Å². The van der Waals surface area contributed by atoms with Gasteiger partial charge in [0.25, 0.3) is 5.69 Å². The first-order valence-electron chi connectivity index (χ1n) is 6.68. The van der Waals surface area contributed by atoms with E-state index < -0.39 is 14.9 Å². The number of benzene rings is 1. The van der Waals surface area contributed by atoms with Crippen LogP contribution in [0.2, 0.25) is 0 Å². The van der Waals surface area contributed by atoms with Crippen molar-refractivity contribution < 1.29 is 13.3 Å². The number of rotatable bonds is 3. The number of non-ortho nitro benzene ring substituents is 1. The topological polar surface area (TPSA) is 107 Å². The summed E-state index contributed by atoms with van der Waals surface area (Å²) in [4.78, 5) is 10.0. The molecule has 1 heterocycles. The molecule has 0 spiro atoms. The van der Waals surface area contributed by atoms with Crippen LogP contribution in [0.25, 0.3) is 0 Å². The van der Waals surface area contributed by atoms with Crippen molar-refractivity contribution in [2.45, 2.75) is 31.6 Å². The number of nitro groups is 1. The first kappa shape index (κ1) is 15.7. The van der Waals surface area contributed by atoms with Crippen LogP contribution in [0.4, 0.5) is 11.4 Å². The molecule has 1 saturated heterocycles. The van der Waals surface area contributed by atoms with E-state index in [0.29, 0.717) is 13.1 Å². The number of sulfonamides is 1. The molecule has 2 rings (SSSR count). The highest BCUT2D eigenvalue weighted by molar-refractivity contribution is 7.89. The zero-order chi connectivity index (χ0) is 15.8. The van der Waals surface area contributed by atoms with E-state index in [1.54, 1.807) is 0 Å². The van der Waals surface area contributed by atoms with Crippen molar-refractivity contribution in [1.29, 1.82) is 0 Å². The maximum absolute atomic E-state index is 12.6. The minimum absolute atomic E-state index is 0.0622. The molecule has 0 aliphatic carbocycles. The Morgan fingerprint density at radius 2 is 1.86 bits per heavy atom. The molecular weight excluding hydrogens is 294 g/mol. The second kappa shape index (κ2) is 5.27. The standard InChI is InChI=1S/C13H19N3O4S/c1-13(2)5-7-15(8-6-13)21(19,20)12-4-3-10(16(17)18)9-11(12)14/h3-4,9H,5-8,14H2,1-2H3. The van der Waals surface area contributed by atoms with Crippen LogP contribution in [0, 0.1) is 15.5 Å². The zero-order valence-electron chi connectivity index (χ0n) is 12.1. The van der Waals surface area contributed by atoms with Crippen molar-refractivity contribution in [3.05, 3.63) is 28.3 Å². The second-order valence-electron chi connectivity index (χ2n) is 6.05. The minimum atomic E-state index is -3.70. The van der Waals surface area contributed by atoms with Crippen molar-refractivity contribution in [2.75, 3.05) is 18.8 Å². The number of nitrogen functional groups attached to an aromatic ring is 1. The summed E-state index contributed by atoms with van der Waals surface area (Å²) in [5.74, 6) is 0. The molecule has 0 amide bonds. The summed E-state index contributed by atoms with van der Waals surface area (Å²) in [5, 5.41) is 10.7. The molecule has 116 valence electrons. The molecular formula is C13H19N3O4S. The summed E-state index contributed by atoms with van der Waals surface area (Å²) >= 11 is 0. The van der Waals surface area contributed by atoms with Crippen molar-refractivity contribution >= 4 is 21.4 Å². The Kier molecular flexibility index (Phi) is 3.94. The molecule has 1 aromatic rings. The number of nitrogens with zero attached hydrogens (tertiary/aromatic N) is 2. The number of nitrogens with two attached hydrogens (primary N) is 1. The highest BCUT2D eigenvalue weighted by Gasteiger charge is 2.33. The Hall–Kier alpha value is -1.67. The lowest BCUT2D eigenvalue weighted by Gasteiger charge is -2.36. The third-order valence-electron chi connectivity index (χ3n) is 3.90. The van der Waals surface area contributed by atoms with E-state index >= 15 is 0 Å². The largest absolute Gasteiger partial charge is 0.397 e. The van der Waals surface area contributed by atoms with Crippen molar-refractivity contribution in [3.8, 4) is 0 Å². The molecule has 21 heavy (non-hydrogen) atoms. The van der Waals surface area contributed by atoms with E-state index in [4.69, 9.17) is 5.73 Å². The normalized spacial score (nSPS) is 19.3. The van der Waals surface area contributed by atoms with Crippen LogP contribution in [-0.2, 0) is 10.0 Å². The van der Waals surface area contributed by atoms with Gasteiger partial charge in [-0.15, -0.1) is 0 Å². The van der Waals surface area contributed by atoms with Gasteiger partial charge in [0.15, 0.2) is 0 Å². The summed E-state index contributed by atoms with van der Waals surface area (Å²) in [5.41, 5.74) is 5.52. The van der Waals surface area contributed by atoms with E-state index in [9.17, 15) is 18.5 Å². The maximum Gasteiger partial charge on any atom is 0.271 e. The predicted molar refractivity (Wildman–Crippen MR) is 79.3 cm³/mol. The molecule has 1 aliphatic heterocycles. The first-order chi connectivity index (χ1) is 9.63. The summed E-state index contributed by atoms with van der Waals surface area (Å²) in [6.45, 7) is 5.09. The number of anilines is 1. The lowest BCUT2D eigenvalue weighted by atomic mass is 9.83. The van der Waals surface area contributed by atoms with E-state index in [0.717, 1.165) is 25.0 Å². The fourth-order valence-electron chi connectivity index (χ4n) is 2.36. The van der Waals surface area contributed by atoms with Gasteiger partial charge >= 0.3 is 0 Å². The average molecular weight is 313 g/mol. The summed E-state index contributed by atoms with van der Waals surface area (Å²) in [6, 6.07) is 3.46. The van der Waals surface area contributed by atoms with Crippen LogP contribution in [0.1, 0.15) is 26.7 Å². The van der Waals surface area contributed by atoms with Gasteiger partial charge in [0, 0.05) is 25.2 Å². The lowest BCUT2D eigenvalue weighted by molar-refractivity contribution is -0.384. The van der Waals surface area contributed by atoms with Gasteiger partial charge in [0.2, 0.25) is 10.0 Å². The Balaban J connectivity index is 2.30. The molecule has 0 saturated carbocycles. The minimum Gasteiger partial charge on any atom is -0.397 e. The predicted octanol–water partition coefficient (Wildman–Crippen LogP) is 1.99. The fraction of sp³-hybridized carbons (Fsp3) is 0.538. The van der Waals surface area contributed by atoms with Gasteiger partial charge in [-0.25, -0.2) is 8.42 Å². The number of nitro benzene ring substituents is 1. The van der Waals surface area contributed by atoms with Crippen molar-refractivity contribution in [1.82, 2.24) is 4.31 Å². The third kappa shape index (κ3) is 3.16. The second-order valence-corrected chi connectivity index (χ2v) is 7.95. The summed E-state index contributed by atoms with van der Waals surface area (Å²) < 4.78 is 26.6. The van der Waals surface area contributed by atoms with Crippen LogP contribution in [0.3, 0.4) is 0 Å². The monoisotopic (exact) mass is 313 g/mol. The van der Waals surface area contributed by atoms with Crippen LogP contribution in [0.15, 0.2) is 23.1 Å². The van der Waals surface area contributed by atoms with E-state index in [-0.39, 0.29) is 21.7 Å². The SMILES string of the molecule is CC1(C)CCN(S(=O)(=O)c2ccc([N+](=O)[O-])cc2N)CC1. The molecule has 0 atom stereocenters. The number of hydrogen-bond acceptors (Lipinski definition) is 5. The molecule has 1 aromatic carbocycles. The van der Waals surface area contributed by atoms with Gasteiger partial charge in [-0.3, -0.25) is 10.1 Å². The molecule has 2 N–H and O–H groups in total. The van der Waals surface area contributed by atoms with Crippen LogP contribution in [-0.4, -0.2) is 30.7 Å². The van der Waals surface area contributed by atoms with Gasteiger partial charge in [-0.2, -0.15) is 4.31 Å². The Morgan fingerprint density at radius 3 is 2.33 bits per heavy atom. The highest BCUT2D eigenvalue weighted by Crippen LogP contribution is 2.34. The molecule has 8 heteroatoms. The van der Waals surface area contributed by atoms with Crippen LogP contribution >= 0.6 is 0 Å². The van der Waals surface area contributed by atoms with Gasteiger partial charge < -0.3 is 5.73 Å². The van der Waals surface area contributed by atoms with Gasteiger partial charge in [-0.1, -0.05) is 13.8 Å². The first-order valence-corrected chi connectivity index (χ1v) is 8.12. The molecule has 0 unspecified atom stereocenters. The zero-order valence-corrected chi connectivity index (χ0v) is 12.9. The molecule has 1 aliphatic rings. The van der Waals surface area contributed by atoms with Gasteiger partial charge in [0.05, 0.1) is 10.6 Å². The maximum atomic E-state index is 12.6. The van der Waals surface area contributed by atoms with E-state index in [2.05, 4.69) is 13.8 Å². The Labute approximate surface area is 123 Å². The Morgan fingerprint density at radius 1 is 1.29 bits per heavy atom. The number of piperidine rings is 1. The Bertz CT molecular complexity index is 660. The molecule has 0 bridgehead atoms. The highest BCUT2D eigenvalue weighted by atomic mass is 32.2. The molecule has 0 aromatic heterocycles. The number of hydrogen-bond donors (Lipinski definition) is 1. The van der Waals surface area contributed by atoms with Crippen LogP contribution in [0.5, 0.6) is 0 Å². The average Bonchev–Trinajstić information content (AvgIpc) is 2.37. The van der Waals surface area contributed by atoms with Gasteiger partial charge in [0.1, 0.15) is 4.90 Å². The summed E-state index contributed by atoms with van der Waals surface area (Å²) in [7, 11) is -3.70. The quantitative estimate of drug-likeness (QED) is 0.521. The summed E-state index contributed by atoms with van der Waals surface area (Å²) in [6.07, 6.45) is 1.55. The van der Waals surface area contributed by atoms with E-state index in [1.165, 1.54) is 10.4 Å². The lowest BCUT2D eigenvalue weighted by Crippen LogP contribution is -2.41. The molecule has 0 radical (unpaired) electrons. The smallest absolute Gasteiger partial charge is 0.271 e. The van der Waals surface area contributed by atoms with E-state index in [1.807, 2.05) is 0 Å². The molecule has 1 fully saturated rings. The van der Waals surface area contributed by atoms with Crippen molar-refractivity contribution in [2.24, 2.45) is 5.41 Å². The molecule has 7 nitrogen and oxygen atoms in total. The third-order valence-corrected chi connectivity index (χ3v) is 5.87. The van der Waals surface area contributed by atoms with Gasteiger partial charge in [-0.05, 0) is 24.3 Å². The van der Waals surface area contributed by atoms with Crippen LogP contribution < -0.4 is 5.73 Å².